The molecule has 0 aliphatic heterocycles. The van der Waals surface area contributed by atoms with E-state index in [0.29, 0.717) is 5.75 Å². The summed E-state index contributed by atoms with van der Waals surface area (Å²) in [7, 11) is 1.64. The summed E-state index contributed by atoms with van der Waals surface area (Å²) in [5.41, 5.74) is 0.962. The van der Waals surface area contributed by atoms with Crippen molar-refractivity contribution in [3.05, 3.63) is 36.4 Å². The first-order chi connectivity index (χ1) is 7.79. The molecule has 0 atom stereocenters. The van der Waals surface area contributed by atoms with Gasteiger partial charge in [0.2, 0.25) is 5.91 Å². The van der Waals surface area contributed by atoms with Crippen LogP contribution < -0.4 is 5.32 Å². The Kier molecular flexibility index (Phi) is 3.41. The lowest BCUT2D eigenvalue weighted by atomic mass is 10.2. The average Bonchev–Trinajstić information content (AvgIpc) is 2.35. The van der Waals surface area contributed by atoms with Crippen LogP contribution in [-0.2, 0) is 4.79 Å². The molecule has 1 N–H and O–H groups in total. The summed E-state index contributed by atoms with van der Waals surface area (Å²) in [5.74, 6) is 0.418. The zero-order chi connectivity index (χ0) is 11.4. The number of pyridine rings is 1. The molecule has 1 aromatic carbocycles. The van der Waals surface area contributed by atoms with Crippen molar-refractivity contribution in [2.45, 2.75) is 5.03 Å². The summed E-state index contributed by atoms with van der Waals surface area (Å²) in [4.78, 5) is 15.6. The van der Waals surface area contributed by atoms with E-state index in [1.165, 1.54) is 11.8 Å². The molecule has 0 fully saturated rings. The van der Waals surface area contributed by atoms with E-state index < -0.39 is 0 Å². The first-order valence-electron chi connectivity index (χ1n) is 4.99. The largest absolute Gasteiger partial charge is 0.358 e. The van der Waals surface area contributed by atoms with E-state index in [2.05, 4.69) is 10.3 Å². The highest BCUT2D eigenvalue weighted by atomic mass is 32.2. The van der Waals surface area contributed by atoms with E-state index in [1.54, 1.807) is 7.05 Å². The minimum Gasteiger partial charge on any atom is -0.358 e. The standard InChI is InChI=1S/C12H12N2OS/c1-13-11(15)8-16-12-7-6-9-4-2-3-5-10(9)14-12/h2-7H,8H2,1H3,(H,13,15). The molecule has 0 saturated heterocycles. The Labute approximate surface area is 98.3 Å². The molecule has 0 saturated carbocycles. The average molecular weight is 232 g/mol. The molecule has 16 heavy (non-hydrogen) atoms. The van der Waals surface area contributed by atoms with E-state index in [0.717, 1.165) is 15.9 Å². The number of rotatable bonds is 3. The van der Waals surface area contributed by atoms with Crippen LogP contribution in [0.5, 0.6) is 0 Å². The number of thioether (sulfide) groups is 1. The zero-order valence-corrected chi connectivity index (χ0v) is 9.75. The molecule has 1 heterocycles. The molecule has 2 aromatic rings. The van der Waals surface area contributed by atoms with Crippen molar-refractivity contribution in [2.24, 2.45) is 0 Å². The van der Waals surface area contributed by atoms with E-state index in [4.69, 9.17) is 0 Å². The van der Waals surface area contributed by atoms with Gasteiger partial charge in [-0.05, 0) is 12.1 Å². The summed E-state index contributed by atoms with van der Waals surface area (Å²) in [6.45, 7) is 0. The van der Waals surface area contributed by atoms with Gasteiger partial charge in [0.25, 0.3) is 0 Å². The maximum atomic E-state index is 11.1. The Morgan fingerprint density at radius 2 is 2.12 bits per heavy atom. The normalized spacial score (nSPS) is 10.3. The number of hydrogen-bond acceptors (Lipinski definition) is 3. The monoisotopic (exact) mass is 232 g/mol. The third-order valence-electron chi connectivity index (χ3n) is 2.20. The molecule has 0 bridgehead atoms. The van der Waals surface area contributed by atoms with Crippen LogP contribution in [-0.4, -0.2) is 23.7 Å². The lowest BCUT2D eigenvalue weighted by Crippen LogP contribution is -2.19. The summed E-state index contributed by atoms with van der Waals surface area (Å²) in [5, 5.41) is 4.58. The van der Waals surface area contributed by atoms with Crippen LogP contribution in [0.4, 0.5) is 0 Å². The fraction of sp³-hybridized carbons (Fsp3) is 0.167. The van der Waals surface area contributed by atoms with Gasteiger partial charge in [-0.1, -0.05) is 36.0 Å². The fourth-order valence-corrected chi connectivity index (χ4v) is 2.09. The third kappa shape index (κ3) is 2.52. The summed E-state index contributed by atoms with van der Waals surface area (Å²) < 4.78 is 0. The molecule has 0 unspecified atom stereocenters. The van der Waals surface area contributed by atoms with Crippen LogP contribution in [0.3, 0.4) is 0 Å². The number of para-hydroxylation sites is 1. The quantitative estimate of drug-likeness (QED) is 0.824. The minimum absolute atomic E-state index is 0.0139. The Morgan fingerprint density at radius 3 is 2.94 bits per heavy atom. The Morgan fingerprint density at radius 1 is 1.31 bits per heavy atom. The van der Waals surface area contributed by atoms with Gasteiger partial charge in [0.15, 0.2) is 0 Å². The number of benzene rings is 1. The topological polar surface area (TPSA) is 42.0 Å². The molecular formula is C12H12N2OS. The number of fused-ring (bicyclic) bond motifs is 1. The van der Waals surface area contributed by atoms with E-state index >= 15 is 0 Å². The Hall–Kier alpha value is -1.55. The lowest BCUT2D eigenvalue weighted by Gasteiger charge is -2.02. The highest BCUT2D eigenvalue weighted by molar-refractivity contribution is 7.99. The number of amides is 1. The summed E-state index contributed by atoms with van der Waals surface area (Å²) >= 11 is 1.44. The van der Waals surface area contributed by atoms with E-state index in [9.17, 15) is 4.79 Å². The zero-order valence-electron chi connectivity index (χ0n) is 8.93. The van der Waals surface area contributed by atoms with Gasteiger partial charge in [0.1, 0.15) is 0 Å². The summed E-state index contributed by atoms with van der Waals surface area (Å²) in [6.07, 6.45) is 0. The third-order valence-corrected chi connectivity index (χ3v) is 3.13. The second-order valence-corrected chi connectivity index (χ2v) is 4.30. The van der Waals surface area contributed by atoms with Crippen molar-refractivity contribution in [3.8, 4) is 0 Å². The van der Waals surface area contributed by atoms with Crippen LogP contribution in [0.1, 0.15) is 0 Å². The molecule has 2 rings (SSSR count). The van der Waals surface area contributed by atoms with E-state index in [1.807, 2.05) is 36.4 Å². The van der Waals surface area contributed by atoms with Crippen molar-refractivity contribution in [3.63, 3.8) is 0 Å². The predicted molar refractivity (Wildman–Crippen MR) is 66.5 cm³/mol. The van der Waals surface area contributed by atoms with Gasteiger partial charge in [0.05, 0.1) is 16.3 Å². The molecule has 1 aromatic heterocycles. The molecule has 82 valence electrons. The SMILES string of the molecule is CNC(=O)CSc1ccc2ccccc2n1. The number of aromatic nitrogens is 1. The first kappa shape index (κ1) is 11.0. The van der Waals surface area contributed by atoms with Gasteiger partial charge in [0, 0.05) is 12.4 Å². The van der Waals surface area contributed by atoms with Gasteiger partial charge in [-0.2, -0.15) is 0 Å². The van der Waals surface area contributed by atoms with Crippen LogP contribution >= 0.6 is 11.8 Å². The second-order valence-electron chi connectivity index (χ2n) is 3.30. The number of hydrogen-bond donors (Lipinski definition) is 1. The molecule has 4 heteroatoms. The van der Waals surface area contributed by atoms with Crippen LogP contribution in [0.2, 0.25) is 0 Å². The van der Waals surface area contributed by atoms with Crippen molar-refractivity contribution < 1.29 is 4.79 Å². The molecule has 0 aliphatic carbocycles. The number of nitrogens with zero attached hydrogens (tertiary/aromatic N) is 1. The van der Waals surface area contributed by atoms with Gasteiger partial charge >= 0.3 is 0 Å². The Bertz CT molecular complexity index is 513. The van der Waals surface area contributed by atoms with Gasteiger partial charge in [-0.25, -0.2) is 4.98 Å². The molecule has 0 radical (unpaired) electrons. The van der Waals surface area contributed by atoms with E-state index in [-0.39, 0.29) is 5.91 Å². The maximum Gasteiger partial charge on any atom is 0.230 e. The number of carbonyl (C=O) groups is 1. The van der Waals surface area contributed by atoms with Crippen molar-refractivity contribution in [1.29, 1.82) is 0 Å². The first-order valence-corrected chi connectivity index (χ1v) is 5.97. The summed E-state index contributed by atoms with van der Waals surface area (Å²) in [6, 6.07) is 11.9. The van der Waals surface area contributed by atoms with Gasteiger partial charge in [-0.15, -0.1) is 0 Å². The van der Waals surface area contributed by atoms with Gasteiger partial charge < -0.3 is 5.32 Å². The predicted octanol–water partition coefficient (Wildman–Crippen LogP) is 2.07. The van der Waals surface area contributed by atoms with Crippen molar-refractivity contribution >= 4 is 28.6 Å². The smallest absolute Gasteiger partial charge is 0.230 e. The molecule has 0 spiro atoms. The second kappa shape index (κ2) is 4.99. The highest BCUT2D eigenvalue weighted by Crippen LogP contribution is 2.19. The molecular weight excluding hydrogens is 220 g/mol. The van der Waals surface area contributed by atoms with Crippen molar-refractivity contribution in [2.75, 3.05) is 12.8 Å². The van der Waals surface area contributed by atoms with Crippen LogP contribution in [0.25, 0.3) is 10.9 Å². The van der Waals surface area contributed by atoms with Crippen LogP contribution in [0, 0.1) is 0 Å². The van der Waals surface area contributed by atoms with Gasteiger partial charge in [-0.3, -0.25) is 4.79 Å². The lowest BCUT2D eigenvalue weighted by molar-refractivity contribution is -0.118. The van der Waals surface area contributed by atoms with Crippen molar-refractivity contribution in [1.82, 2.24) is 10.3 Å². The molecule has 1 amide bonds. The maximum absolute atomic E-state index is 11.1. The number of carbonyl (C=O) groups excluding carboxylic acids is 1. The highest BCUT2D eigenvalue weighted by Gasteiger charge is 2.02. The molecule has 3 nitrogen and oxygen atoms in total. The van der Waals surface area contributed by atoms with Crippen LogP contribution in [0.15, 0.2) is 41.4 Å². The fourth-order valence-electron chi connectivity index (χ4n) is 1.34. The number of nitrogens with one attached hydrogen (secondary N) is 1. The minimum atomic E-state index is 0.0139. The Balaban J connectivity index is 2.16. The molecule has 0 aliphatic rings.